The summed E-state index contributed by atoms with van der Waals surface area (Å²) in [5.41, 5.74) is 1.74. The van der Waals surface area contributed by atoms with Gasteiger partial charge in [-0.3, -0.25) is 4.84 Å². The van der Waals surface area contributed by atoms with Gasteiger partial charge in [-0.1, -0.05) is 53.5 Å². The Kier molecular flexibility index (Phi) is 5.55. The predicted octanol–water partition coefficient (Wildman–Crippen LogP) is 4.97. The summed E-state index contributed by atoms with van der Waals surface area (Å²) in [5.74, 6) is 0.0524. The van der Waals surface area contributed by atoms with Gasteiger partial charge in [0.1, 0.15) is 5.76 Å². The van der Waals surface area contributed by atoms with E-state index in [4.69, 9.17) is 28.0 Å². The fourth-order valence-corrected chi connectivity index (χ4v) is 3.01. The zero-order chi connectivity index (χ0) is 18.5. The minimum absolute atomic E-state index is 0.0524. The fourth-order valence-electron chi connectivity index (χ4n) is 2.51. The highest BCUT2D eigenvalue weighted by Gasteiger charge is 2.19. The van der Waals surface area contributed by atoms with Crippen LogP contribution in [0.25, 0.3) is 11.3 Å². The third kappa shape index (κ3) is 4.22. The van der Waals surface area contributed by atoms with Gasteiger partial charge in [-0.2, -0.15) is 0 Å². The number of imidazole rings is 1. The Balaban J connectivity index is 2.23. The van der Waals surface area contributed by atoms with E-state index < -0.39 is 5.09 Å². The van der Waals surface area contributed by atoms with Gasteiger partial charge in [0, 0.05) is 28.6 Å². The maximum Gasteiger partial charge on any atom is 0.299 e. The molecule has 6 nitrogen and oxygen atoms in total. The van der Waals surface area contributed by atoms with Gasteiger partial charge in [-0.15, -0.1) is 10.1 Å². The molecule has 0 saturated carbocycles. The molecule has 3 aromatic rings. The highest BCUT2D eigenvalue weighted by atomic mass is 35.5. The van der Waals surface area contributed by atoms with E-state index in [1.54, 1.807) is 35.4 Å². The number of hydrogen-bond acceptors (Lipinski definition) is 4. The first-order valence-corrected chi connectivity index (χ1v) is 8.32. The van der Waals surface area contributed by atoms with E-state index in [-0.39, 0.29) is 10.8 Å². The van der Waals surface area contributed by atoms with E-state index >= 15 is 0 Å². The van der Waals surface area contributed by atoms with Gasteiger partial charge in [-0.25, -0.2) is 4.98 Å². The summed E-state index contributed by atoms with van der Waals surface area (Å²) >= 11 is 12.2. The lowest BCUT2D eigenvalue weighted by Crippen LogP contribution is -2.07. The van der Waals surface area contributed by atoms with Crippen molar-refractivity contribution in [1.82, 2.24) is 9.55 Å². The Morgan fingerprint density at radius 2 is 1.96 bits per heavy atom. The molecule has 0 radical (unpaired) electrons. The van der Waals surface area contributed by atoms with Crippen LogP contribution in [0.5, 0.6) is 0 Å². The zero-order valence-electron chi connectivity index (χ0n) is 13.4. The molecule has 0 atom stereocenters. The summed E-state index contributed by atoms with van der Waals surface area (Å²) in [4.78, 5) is 20.1. The van der Waals surface area contributed by atoms with Crippen LogP contribution in [0.1, 0.15) is 11.1 Å². The molecule has 0 unspecified atom stereocenters. The SMILES string of the molecule is O=[N+]([O-])O/C(=C(/Cn1ccnc1)c1ccccc1)c1ccc(Cl)cc1Cl. The van der Waals surface area contributed by atoms with E-state index in [2.05, 4.69) is 4.98 Å². The Morgan fingerprint density at radius 3 is 2.58 bits per heavy atom. The lowest BCUT2D eigenvalue weighted by molar-refractivity contribution is -0.730. The molecule has 0 bridgehead atoms. The van der Waals surface area contributed by atoms with Crippen molar-refractivity contribution in [2.75, 3.05) is 0 Å². The first-order valence-electron chi connectivity index (χ1n) is 7.56. The predicted molar refractivity (Wildman–Crippen MR) is 100 cm³/mol. The standard InChI is InChI=1S/C18H13Cl2N3O3/c19-14-6-7-15(17(20)10-14)18(26-23(24)25)16(11-22-9-8-21-12-22)13-4-2-1-3-5-13/h1-10,12H,11H2/b18-16-. The molecule has 1 heterocycles. The van der Waals surface area contributed by atoms with Crippen LogP contribution in [0, 0.1) is 10.1 Å². The summed E-state index contributed by atoms with van der Waals surface area (Å²) in [6.07, 6.45) is 5.01. The molecule has 0 aliphatic heterocycles. The number of halogens is 2. The van der Waals surface area contributed by atoms with Crippen LogP contribution in [-0.2, 0) is 11.4 Å². The molecule has 0 N–H and O–H groups in total. The first kappa shape index (κ1) is 18.0. The first-order chi connectivity index (χ1) is 12.5. The number of hydrogen-bond donors (Lipinski definition) is 0. The molecular weight excluding hydrogens is 377 g/mol. The van der Waals surface area contributed by atoms with Crippen molar-refractivity contribution >= 4 is 34.5 Å². The van der Waals surface area contributed by atoms with Crippen molar-refractivity contribution in [3.63, 3.8) is 0 Å². The molecule has 0 aliphatic rings. The van der Waals surface area contributed by atoms with Gasteiger partial charge >= 0.3 is 0 Å². The summed E-state index contributed by atoms with van der Waals surface area (Å²) in [7, 11) is 0. The van der Waals surface area contributed by atoms with Crippen LogP contribution >= 0.6 is 23.2 Å². The van der Waals surface area contributed by atoms with E-state index in [0.29, 0.717) is 22.7 Å². The summed E-state index contributed by atoms with van der Waals surface area (Å²) in [6.45, 7) is 0.312. The molecular formula is C18H13Cl2N3O3. The van der Waals surface area contributed by atoms with Crippen LogP contribution < -0.4 is 0 Å². The second kappa shape index (κ2) is 8.03. The van der Waals surface area contributed by atoms with Crippen molar-refractivity contribution < 1.29 is 9.92 Å². The maximum atomic E-state index is 11.2. The molecule has 1 aromatic heterocycles. The second-order valence-corrected chi connectivity index (χ2v) is 6.19. The summed E-state index contributed by atoms with van der Waals surface area (Å²) in [5, 5.41) is 11.0. The van der Waals surface area contributed by atoms with Gasteiger partial charge in [0.15, 0.2) is 0 Å². The normalized spacial score (nSPS) is 11.8. The number of allylic oxidation sites excluding steroid dienone is 1. The lowest BCUT2D eigenvalue weighted by atomic mass is 10.0. The topological polar surface area (TPSA) is 70.2 Å². The average Bonchev–Trinajstić information content (AvgIpc) is 3.12. The largest absolute Gasteiger partial charge is 0.333 e. The van der Waals surface area contributed by atoms with Crippen LogP contribution in [0.3, 0.4) is 0 Å². The van der Waals surface area contributed by atoms with Crippen LogP contribution in [0.4, 0.5) is 0 Å². The molecule has 8 heteroatoms. The smallest absolute Gasteiger partial charge is 0.299 e. The number of benzene rings is 2. The Bertz CT molecular complexity index is 942. The van der Waals surface area contributed by atoms with Crippen LogP contribution in [0.2, 0.25) is 10.0 Å². The zero-order valence-corrected chi connectivity index (χ0v) is 14.9. The van der Waals surface area contributed by atoms with E-state index in [1.807, 2.05) is 30.3 Å². The number of aromatic nitrogens is 2. The van der Waals surface area contributed by atoms with Crippen molar-refractivity contribution in [2.24, 2.45) is 0 Å². The third-order valence-corrected chi connectivity index (χ3v) is 4.19. The van der Waals surface area contributed by atoms with Gasteiger partial charge in [0.05, 0.1) is 17.9 Å². The lowest BCUT2D eigenvalue weighted by Gasteiger charge is -2.16. The van der Waals surface area contributed by atoms with E-state index in [9.17, 15) is 10.1 Å². The van der Waals surface area contributed by atoms with Gasteiger partial charge in [0.2, 0.25) is 0 Å². The highest BCUT2D eigenvalue weighted by molar-refractivity contribution is 6.35. The van der Waals surface area contributed by atoms with E-state index in [1.165, 1.54) is 6.07 Å². The van der Waals surface area contributed by atoms with Crippen molar-refractivity contribution in [3.05, 3.63) is 98.5 Å². The minimum Gasteiger partial charge on any atom is -0.333 e. The summed E-state index contributed by atoms with van der Waals surface area (Å²) < 4.78 is 1.79. The Hall–Kier alpha value is -2.83. The van der Waals surface area contributed by atoms with E-state index in [0.717, 1.165) is 5.56 Å². The molecule has 0 spiro atoms. The summed E-state index contributed by atoms with van der Waals surface area (Å²) in [6, 6.07) is 14.0. The monoisotopic (exact) mass is 389 g/mol. The Morgan fingerprint density at radius 1 is 1.19 bits per heavy atom. The third-order valence-electron chi connectivity index (χ3n) is 3.64. The van der Waals surface area contributed by atoms with Crippen LogP contribution in [0.15, 0.2) is 67.3 Å². The van der Waals surface area contributed by atoms with Crippen molar-refractivity contribution in [3.8, 4) is 0 Å². The molecule has 3 rings (SSSR count). The van der Waals surface area contributed by atoms with Gasteiger partial charge in [0.25, 0.3) is 5.09 Å². The quantitative estimate of drug-likeness (QED) is 0.258. The molecule has 0 fully saturated rings. The maximum absolute atomic E-state index is 11.2. The fraction of sp³-hybridized carbons (Fsp3) is 0.0556. The molecule has 132 valence electrons. The molecule has 26 heavy (non-hydrogen) atoms. The van der Waals surface area contributed by atoms with Crippen molar-refractivity contribution in [2.45, 2.75) is 6.54 Å². The molecule has 0 saturated heterocycles. The molecule has 0 aliphatic carbocycles. The van der Waals surface area contributed by atoms with Gasteiger partial charge in [-0.05, 0) is 23.8 Å². The minimum atomic E-state index is -0.850. The number of rotatable bonds is 6. The molecule has 2 aromatic carbocycles. The highest BCUT2D eigenvalue weighted by Crippen LogP contribution is 2.34. The Labute approximate surface area is 159 Å². The van der Waals surface area contributed by atoms with Gasteiger partial charge < -0.3 is 4.57 Å². The second-order valence-electron chi connectivity index (χ2n) is 5.35. The average molecular weight is 390 g/mol. The van der Waals surface area contributed by atoms with Crippen molar-refractivity contribution in [1.29, 1.82) is 0 Å². The molecule has 0 amide bonds. The number of nitrogens with zero attached hydrogens (tertiary/aromatic N) is 3. The van der Waals surface area contributed by atoms with Crippen LogP contribution in [-0.4, -0.2) is 14.6 Å².